The van der Waals surface area contributed by atoms with Gasteiger partial charge in [0, 0.05) is 22.7 Å². The molecule has 0 unspecified atom stereocenters. The lowest BCUT2D eigenvalue weighted by molar-refractivity contribution is 0.0698. The predicted octanol–water partition coefficient (Wildman–Crippen LogP) is 3.19. The summed E-state index contributed by atoms with van der Waals surface area (Å²) < 4.78 is 5.23. The molecule has 0 aliphatic heterocycles. The summed E-state index contributed by atoms with van der Waals surface area (Å²) in [4.78, 5) is 15.9. The van der Waals surface area contributed by atoms with Gasteiger partial charge >= 0.3 is 5.97 Å². The third-order valence-corrected chi connectivity index (χ3v) is 3.50. The van der Waals surface area contributed by atoms with E-state index in [9.17, 15) is 9.90 Å². The number of nitrogens with zero attached hydrogens (tertiary/aromatic N) is 1. The Balaban J connectivity index is 2.42. The van der Waals surface area contributed by atoms with Gasteiger partial charge in [-0.05, 0) is 23.8 Å². The molecular weight excluding hydrogens is 280 g/mol. The Labute approximate surface area is 127 Å². The van der Waals surface area contributed by atoms with E-state index in [0.29, 0.717) is 22.7 Å². The number of pyridine rings is 1. The third-order valence-electron chi connectivity index (χ3n) is 3.50. The van der Waals surface area contributed by atoms with Gasteiger partial charge in [0.05, 0.1) is 18.2 Å². The fourth-order valence-corrected chi connectivity index (χ4v) is 2.51. The summed E-state index contributed by atoms with van der Waals surface area (Å²) in [5.74, 6) is -0.615. The van der Waals surface area contributed by atoms with E-state index in [4.69, 9.17) is 10.5 Å². The summed E-state index contributed by atoms with van der Waals surface area (Å²) in [5, 5.41) is 10.3. The van der Waals surface area contributed by atoms with Crippen LogP contribution in [0.3, 0.4) is 0 Å². The first-order valence-corrected chi connectivity index (χ1v) is 6.67. The molecule has 0 aliphatic rings. The van der Waals surface area contributed by atoms with Crippen LogP contribution in [0.25, 0.3) is 22.0 Å². The van der Waals surface area contributed by atoms with Gasteiger partial charge in [0.25, 0.3) is 0 Å². The van der Waals surface area contributed by atoms with Gasteiger partial charge in [-0.1, -0.05) is 24.3 Å². The monoisotopic (exact) mass is 294 g/mol. The number of benzene rings is 2. The molecule has 3 N–H and O–H groups in total. The van der Waals surface area contributed by atoms with Crippen molar-refractivity contribution in [3.05, 3.63) is 54.1 Å². The second kappa shape index (κ2) is 5.37. The molecule has 0 spiro atoms. The first kappa shape index (κ1) is 13.9. The lowest BCUT2D eigenvalue weighted by atomic mass is 9.95. The maximum atomic E-state index is 11.5. The number of carbonyl (C=O) groups is 1. The van der Waals surface area contributed by atoms with Gasteiger partial charge < -0.3 is 15.6 Å². The quantitative estimate of drug-likeness (QED) is 0.724. The van der Waals surface area contributed by atoms with Crippen molar-refractivity contribution in [2.75, 3.05) is 12.8 Å². The minimum atomic E-state index is -1.03. The van der Waals surface area contributed by atoms with Gasteiger partial charge in [-0.25, -0.2) is 9.78 Å². The maximum absolute atomic E-state index is 11.5. The Morgan fingerprint density at radius 1 is 1.18 bits per heavy atom. The van der Waals surface area contributed by atoms with E-state index in [1.807, 2.05) is 24.3 Å². The van der Waals surface area contributed by atoms with Crippen LogP contribution in [0.15, 0.2) is 48.5 Å². The predicted molar refractivity (Wildman–Crippen MR) is 85.1 cm³/mol. The van der Waals surface area contributed by atoms with E-state index in [1.54, 1.807) is 18.2 Å². The molecule has 0 radical (unpaired) electrons. The molecule has 0 bridgehead atoms. The van der Waals surface area contributed by atoms with Crippen LogP contribution in [-0.2, 0) is 0 Å². The van der Waals surface area contributed by atoms with E-state index in [-0.39, 0.29) is 5.56 Å². The first-order chi connectivity index (χ1) is 10.6. The summed E-state index contributed by atoms with van der Waals surface area (Å²) in [7, 11) is 1.52. The number of carboxylic acid groups (broad SMARTS) is 1. The van der Waals surface area contributed by atoms with Crippen molar-refractivity contribution in [2.45, 2.75) is 0 Å². The Hall–Kier alpha value is -3.08. The van der Waals surface area contributed by atoms with Crippen molar-refractivity contribution in [1.82, 2.24) is 4.98 Å². The van der Waals surface area contributed by atoms with Crippen LogP contribution < -0.4 is 10.5 Å². The maximum Gasteiger partial charge on any atom is 0.336 e. The second-order valence-corrected chi connectivity index (χ2v) is 4.80. The summed E-state index contributed by atoms with van der Waals surface area (Å²) in [5.41, 5.74) is 8.49. The molecule has 0 amide bonds. The van der Waals surface area contributed by atoms with Crippen LogP contribution in [0.1, 0.15) is 10.4 Å². The Morgan fingerprint density at radius 3 is 2.68 bits per heavy atom. The summed E-state index contributed by atoms with van der Waals surface area (Å²) >= 11 is 0. The van der Waals surface area contributed by atoms with Crippen molar-refractivity contribution in [1.29, 1.82) is 0 Å². The number of nitrogens with two attached hydrogens (primary N) is 1. The van der Waals surface area contributed by atoms with Crippen molar-refractivity contribution in [3.63, 3.8) is 0 Å². The molecule has 3 aromatic rings. The van der Waals surface area contributed by atoms with Crippen LogP contribution in [0.5, 0.6) is 5.88 Å². The summed E-state index contributed by atoms with van der Waals surface area (Å²) in [6.07, 6.45) is 0. The summed E-state index contributed by atoms with van der Waals surface area (Å²) in [6.45, 7) is 0. The van der Waals surface area contributed by atoms with E-state index in [2.05, 4.69) is 4.98 Å². The molecule has 0 saturated carbocycles. The number of ether oxygens (including phenoxy) is 1. The van der Waals surface area contributed by atoms with Crippen molar-refractivity contribution in [3.8, 4) is 17.0 Å². The largest absolute Gasteiger partial charge is 0.481 e. The molecule has 22 heavy (non-hydrogen) atoms. The molecule has 0 fully saturated rings. The second-order valence-electron chi connectivity index (χ2n) is 4.80. The number of nitrogen functional groups attached to an aromatic ring is 1. The topological polar surface area (TPSA) is 85.4 Å². The van der Waals surface area contributed by atoms with Gasteiger partial charge in [-0.2, -0.15) is 0 Å². The smallest absolute Gasteiger partial charge is 0.336 e. The normalized spacial score (nSPS) is 10.6. The van der Waals surface area contributed by atoms with Crippen LogP contribution in [-0.4, -0.2) is 23.2 Å². The lowest BCUT2D eigenvalue weighted by Crippen LogP contribution is -2.03. The molecule has 110 valence electrons. The molecule has 2 aromatic carbocycles. The molecule has 1 heterocycles. The number of aromatic carboxylic acids is 1. The molecular formula is C17H14N2O3. The molecule has 0 aliphatic carbocycles. The summed E-state index contributed by atoms with van der Waals surface area (Å²) in [6, 6.07) is 14.0. The molecule has 3 rings (SSSR count). The Kier molecular flexibility index (Phi) is 3.39. The van der Waals surface area contributed by atoms with Crippen LogP contribution >= 0.6 is 0 Å². The number of aromatic nitrogens is 1. The highest BCUT2D eigenvalue weighted by Crippen LogP contribution is 2.36. The zero-order chi connectivity index (χ0) is 15.7. The molecule has 5 nitrogen and oxygen atoms in total. The average molecular weight is 294 g/mol. The standard InChI is InChI=1S/C17H14N2O3/c1-22-15-9-12(10-5-2-3-8-14(10)19-15)16-11(17(20)21)6-4-7-13(16)18/h2-9H,18H2,1H3,(H,20,21). The zero-order valence-corrected chi connectivity index (χ0v) is 11.9. The highest BCUT2D eigenvalue weighted by Gasteiger charge is 2.18. The molecule has 0 saturated heterocycles. The third kappa shape index (κ3) is 2.22. The number of methoxy groups -OCH3 is 1. The van der Waals surface area contributed by atoms with E-state index in [0.717, 1.165) is 10.9 Å². The number of hydrogen-bond acceptors (Lipinski definition) is 4. The van der Waals surface area contributed by atoms with Crippen molar-refractivity contribution >= 4 is 22.6 Å². The minimum absolute atomic E-state index is 0.151. The van der Waals surface area contributed by atoms with Crippen molar-refractivity contribution < 1.29 is 14.6 Å². The van der Waals surface area contributed by atoms with Crippen molar-refractivity contribution in [2.24, 2.45) is 0 Å². The van der Waals surface area contributed by atoms with E-state index >= 15 is 0 Å². The average Bonchev–Trinajstić information content (AvgIpc) is 2.53. The van der Waals surface area contributed by atoms with Gasteiger partial charge in [-0.3, -0.25) is 0 Å². The number of para-hydroxylation sites is 1. The van der Waals surface area contributed by atoms with Crippen LogP contribution in [0.4, 0.5) is 5.69 Å². The van der Waals surface area contributed by atoms with Gasteiger partial charge in [-0.15, -0.1) is 0 Å². The number of anilines is 1. The zero-order valence-electron chi connectivity index (χ0n) is 11.9. The Morgan fingerprint density at radius 2 is 1.95 bits per heavy atom. The van der Waals surface area contributed by atoms with E-state index < -0.39 is 5.97 Å². The highest BCUT2D eigenvalue weighted by molar-refractivity contribution is 6.06. The lowest BCUT2D eigenvalue weighted by Gasteiger charge is -2.13. The van der Waals surface area contributed by atoms with Gasteiger partial charge in [0.15, 0.2) is 0 Å². The van der Waals surface area contributed by atoms with Crippen LogP contribution in [0, 0.1) is 0 Å². The number of rotatable bonds is 3. The minimum Gasteiger partial charge on any atom is -0.481 e. The van der Waals surface area contributed by atoms with Gasteiger partial charge in [0.2, 0.25) is 5.88 Å². The van der Waals surface area contributed by atoms with Crippen LogP contribution in [0.2, 0.25) is 0 Å². The fraction of sp³-hybridized carbons (Fsp3) is 0.0588. The Bertz CT molecular complexity index is 875. The molecule has 0 atom stereocenters. The molecule has 5 heteroatoms. The first-order valence-electron chi connectivity index (χ1n) is 6.67. The number of carboxylic acids is 1. The van der Waals surface area contributed by atoms with Gasteiger partial charge in [0.1, 0.15) is 0 Å². The highest BCUT2D eigenvalue weighted by atomic mass is 16.5. The number of fused-ring (bicyclic) bond motifs is 1. The number of hydrogen-bond donors (Lipinski definition) is 2. The van der Waals surface area contributed by atoms with E-state index in [1.165, 1.54) is 13.2 Å². The fourth-order valence-electron chi connectivity index (χ4n) is 2.51. The molecule has 1 aromatic heterocycles. The SMILES string of the molecule is COc1cc(-c2c(N)cccc2C(=O)O)c2ccccc2n1.